The predicted molar refractivity (Wildman–Crippen MR) is 131 cm³/mol. The number of nitrogens with one attached hydrogen (secondary N) is 1. The Morgan fingerprint density at radius 2 is 2.00 bits per heavy atom. The van der Waals surface area contributed by atoms with Crippen LogP contribution in [0, 0.1) is 0 Å². The van der Waals surface area contributed by atoms with Crippen LogP contribution in [0.1, 0.15) is 12.8 Å². The molecule has 0 aliphatic carbocycles. The van der Waals surface area contributed by atoms with Crippen molar-refractivity contribution in [1.29, 1.82) is 0 Å². The Bertz CT molecular complexity index is 1100. The van der Waals surface area contributed by atoms with Crippen molar-refractivity contribution < 1.29 is 24.5 Å². The zero-order valence-corrected chi connectivity index (χ0v) is 20.0. The third-order valence-electron chi connectivity index (χ3n) is 5.46. The van der Waals surface area contributed by atoms with Crippen LogP contribution in [0.15, 0.2) is 36.8 Å². The fourth-order valence-electron chi connectivity index (χ4n) is 3.80. The van der Waals surface area contributed by atoms with Gasteiger partial charge in [0.05, 0.1) is 30.4 Å². The van der Waals surface area contributed by atoms with Crippen molar-refractivity contribution in [3.63, 3.8) is 0 Å². The maximum absolute atomic E-state index is 11.1. The van der Waals surface area contributed by atoms with E-state index >= 15 is 0 Å². The molecule has 0 radical (unpaired) electrons. The van der Waals surface area contributed by atoms with Gasteiger partial charge in [-0.3, -0.25) is 0 Å². The molecular weight excluding hydrogens is 485 g/mol. The first-order valence-corrected chi connectivity index (χ1v) is 11.1. The lowest BCUT2D eigenvalue weighted by atomic mass is 10.1. The first kappa shape index (κ1) is 25.8. The number of fused-ring (bicyclic) bond motifs is 1. The molecule has 3 heterocycles. The van der Waals surface area contributed by atoms with Gasteiger partial charge in [0, 0.05) is 44.4 Å². The van der Waals surface area contributed by atoms with Gasteiger partial charge in [-0.05, 0) is 24.3 Å². The summed E-state index contributed by atoms with van der Waals surface area (Å²) in [5.41, 5.74) is 2.39. The Morgan fingerprint density at radius 1 is 1.21 bits per heavy atom. The molecule has 1 amide bonds. The van der Waals surface area contributed by atoms with E-state index in [1.807, 2.05) is 22.9 Å². The zero-order valence-electron chi connectivity index (χ0n) is 18.4. The largest absolute Gasteiger partial charge is 0.489 e. The summed E-state index contributed by atoms with van der Waals surface area (Å²) >= 11 is 6.48. The Labute approximate surface area is 207 Å². The molecule has 4 rings (SSSR count). The number of hydrogen-bond donors (Lipinski definition) is 3. The van der Waals surface area contributed by atoms with Gasteiger partial charge >= 0.3 is 6.09 Å². The molecule has 0 saturated carbocycles. The lowest BCUT2D eigenvalue weighted by Gasteiger charge is -2.30. The van der Waals surface area contributed by atoms with Gasteiger partial charge in [-0.2, -0.15) is 0 Å². The minimum absolute atomic E-state index is 0. The minimum Gasteiger partial charge on any atom is -0.489 e. The molecule has 0 bridgehead atoms. The standard InChI is InChI=1S/C22H26ClN5O5.ClH/c23-17-13-15(1-2-19(17)33-16-3-6-28(7-4-16)22(30)31)26-21-20-18(24-14-25-21)5-8-27(20)9-11-32-12-10-29;/h1-2,5,8,13-14,16,29H,3-4,6-7,9-12H2,(H,30,31)(H,24,25,26);1H. The number of aliphatic hydroxyl groups is 1. The smallest absolute Gasteiger partial charge is 0.407 e. The van der Waals surface area contributed by atoms with E-state index in [4.69, 9.17) is 31.3 Å². The number of rotatable bonds is 9. The maximum Gasteiger partial charge on any atom is 0.407 e. The highest BCUT2D eigenvalue weighted by Crippen LogP contribution is 2.32. The average molecular weight is 512 g/mol. The van der Waals surface area contributed by atoms with Gasteiger partial charge in [-0.15, -0.1) is 12.4 Å². The number of anilines is 2. The average Bonchev–Trinajstić information content (AvgIpc) is 3.23. The molecule has 10 nitrogen and oxygen atoms in total. The molecule has 0 spiro atoms. The van der Waals surface area contributed by atoms with Crippen LogP contribution < -0.4 is 10.1 Å². The molecule has 1 aliphatic heterocycles. The lowest BCUT2D eigenvalue weighted by Crippen LogP contribution is -2.41. The normalized spacial score (nSPS) is 14.1. The Hall–Kier alpha value is -2.79. The highest BCUT2D eigenvalue weighted by molar-refractivity contribution is 6.32. The molecule has 12 heteroatoms. The van der Waals surface area contributed by atoms with Crippen LogP contribution in [0.25, 0.3) is 11.0 Å². The van der Waals surface area contributed by atoms with Crippen molar-refractivity contribution in [2.75, 3.05) is 38.2 Å². The van der Waals surface area contributed by atoms with E-state index < -0.39 is 6.09 Å². The number of aliphatic hydroxyl groups excluding tert-OH is 1. The highest BCUT2D eigenvalue weighted by Gasteiger charge is 2.24. The Morgan fingerprint density at radius 3 is 2.71 bits per heavy atom. The fraction of sp³-hybridized carbons (Fsp3) is 0.409. The summed E-state index contributed by atoms with van der Waals surface area (Å²) in [6.45, 7) is 2.25. The lowest BCUT2D eigenvalue weighted by molar-refractivity contribution is 0.0875. The molecule has 1 aromatic carbocycles. The third kappa shape index (κ3) is 6.20. The number of likely N-dealkylation sites (tertiary alicyclic amines) is 1. The minimum atomic E-state index is -0.899. The van der Waals surface area contributed by atoms with Gasteiger partial charge in [-0.25, -0.2) is 14.8 Å². The summed E-state index contributed by atoms with van der Waals surface area (Å²) in [6, 6.07) is 7.34. The molecule has 1 aliphatic rings. The number of benzene rings is 1. The number of carboxylic acid groups (broad SMARTS) is 1. The second-order valence-electron chi connectivity index (χ2n) is 7.66. The van der Waals surface area contributed by atoms with Crippen molar-refractivity contribution in [2.45, 2.75) is 25.5 Å². The quantitative estimate of drug-likeness (QED) is 0.371. The summed E-state index contributed by atoms with van der Waals surface area (Å²) in [4.78, 5) is 21.2. The van der Waals surface area contributed by atoms with Crippen LogP contribution in [-0.2, 0) is 11.3 Å². The van der Waals surface area contributed by atoms with Crippen molar-refractivity contribution in [2.24, 2.45) is 0 Å². The molecule has 184 valence electrons. The number of amides is 1. The second-order valence-corrected chi connectivity index (χ2v) is 8.07. The fourth-order valence-corrected chi connectivity index (χ4v) is 4.02. The monoisotopic (exact) mass is 511 g/mol. The SMILES string of the molecule is Cl.O=C(O)N1CCC(Oc2ccc(Nc3ncnc4ccn(CCOCCO)c34)cc2Cl)CC1. The topological polar surface area (TPSA) is 122 Å². The van der Waals surface area contributed by atoms with E-state index in [2.05, 4.69) is 15.3 Å². The Kier molecular flexibility index (Phi) is 9.17. The summed E-state index contributed by atoms with van der Waals surface area (Å²) in [5.74, 6) is 1.20. The van der Waals surface area contributed by atoms with Crippen LogP contribution in [-0.4, -0.2) is 74.8 Å². The number of ether oxygens (including phenoxy) is 2. The van der Waals surface area contributed by atoms with Gasteiger partial charge < -0.3 is 34.5 Å². The predicted octanol–water partition coefficient (Wildman–Crippen LogP) is 3.78. The number of piperidine rings is 1. The van der Waals surface area contributed by atoms with Crippen LogP contribution in [0.3, 0.4) is 0 Å². The van der Waals surface area contributed by atoms with E-state index in [0.717, 1.165) is 16.7 Å². The highest BCUT2D eigenvalue weighted by atomic mass is 35.5. The molecule has 0 atom stereocenters. The van der Waals surface area contributed by atoms with E-state index in [9.17, 15) is 4.79 Å². The first-order valence-electron chi connectivity index (χ1n) is 10.7. The molecule has 34 heavy (non-hydrogen) atoms. The van der Waals surface area contributed by atoms with Crippen LogP contribution in [0.2, 0.25) is 5.02 Å². The van der Waals surface area contributed by atoms with Gasteiger partial charge in [-0.1, -0.05) is 11.6 Å². The van der Waals surface area contributed by atoms with Crippen molar-refractivity contribution in [3.8, 4) is 5.75 Å². The van der Waals surface area contributed by atoms with Crippen molar-refractivity contribution in [3.05, 3.63) is 41.8 Å². The van der Waals surface area contributed by atoms with Gasteiger partial charge in [0.1, 0.15) is 23.7 Å². The van der Waals surface area contributed by atoms with Gasteiger partial charge in [0.2, 0.25) is 0 Å². The zero-order chi connectivity index (χ0) is 23.2. The molecule has 0 unspecified atom stereocenters. The van der Waals surface area contributed by atoms with E-state index in [1.54, 1.807) is 12.1 Å². The van der Waals surface area contributed by atoms with E-state index in [-0.39, 0.29) is 25.1 Å². The number of nitrogens with zero attached hydrogens (tertiary/aromatic N) is 4. The summed E-state index contributed by atoms with van der Waals surface area (Å²) in [5, 5.41) is 21.7. The Balaban J connectivity index is 0.00000324. The molecule has 1 fully saturated rings. The molecular formula is C22H27Cl2N5O5. The van der Waals surface area contributed by atoms with Crippen LogP contribution >= 0.6 is 24.0 Å². The molecule has 1 saturated heterocycles. The number of aromatic nitrogens is 3. The second kappa shape index (κ2) is 12.1. The van der Waals surface area contributed by atoms with Gasteiger partial charge in [0.25, 0.3) is 0 Å². The van der Waals surface area contributed by atoms with E-state index in [0.29, 0.717) is 62.3 Å². The number of hydrogen-bond acceptors (Lipinski definition) is 7. The summed E-state index contributed by atoms with van der Waals surface area (Å²) < 4.78 is 13.4. The maximum atomic E-state index is 11.1. The number of carbonyl (C=O) groups is 1. The first-order chi connectivity index (χ1) is 16.0. The number of halogens is 2. The van der Waals surface area contributed by atoms with E-state index in [1.165, 1.54) is 11.2 Å². The molecule has 3 N–H and O–H groups in total. The van der Waals surface area contributed by atoms with Crippen molar-refractivity contribution in [1.82, 2.24) is 19.4 Å². The van der Waals surface area contributed by atoms with Gasteiger partial charge in [0.15, 0.2) is 5.82 Å². The van der Waals surface area contributed by atoms with Crippen molar-refractivity contribution >= 4 is 52.6 Å². The third-order valence-corrected chi connectivity index (χ3v) is 5.76. The summed E-state index contributed by atoms with van der Waals surface area (Å²) in [7, 11) is 0. The molecule has 3 aromatic rings. The molecule has 2 aromatic heterocycles. The van der Waals surface area contributed by atoms with Crippen LogP contribution in [0.4, 0.5) is 16.3 Å². The summed E-state index contributed by atoms with van der Waals surface area (Å²) in [6.07, 6.45) is 3.70. The van der Waals surface area contributed by atoms with Crippen LogP contribution in [0.5, 0.6) is 5.75 Å².